The number of likely N-dealkylation sites (tertiary alicyclic amines) is 1. The highest BCUT2D eigenvalue weighted by atomic mass is 79.9. The molecule has 2 unspecified atom stereocenters. The third-order valence-corrected chi connectivity index (χ3v) is 7.55. The number of piperidine rings is 1. The monoisotopic (exact) mass is 492 g/mol. The standard InChI is InChI=1S/C22H26Br2N2O/c23-18-8-9-19(16(11-18)7-4-10-25)27-20-12-17-14-26(22(20)21(17)24)13-15-5-2-1-3-6-15/h1-3,5-6,8-9,11,17,20-22H,4,7,10,12-14,25H2/t17-,20?,21?,22-/m1/s1. The molecule has 1 aliphatic heterocycles. The van der Waals surface area contributed by atoms with Crippen molar-refractivity contribution in [3.8, 4) is 5.75 Å². The van der Waals surface area contributed by atoms with Crippen LogP contribution in [0.3, 0.4) is 0 Å². The molecule has 1 aliphatic carbocycles. The molecule has 0 spiro atoms. The van der Waals surface area contributed by atoms with E-state index in [2.05, 4.69) is 85.3 Å². The van der Waals surface area contributed by atoms with Crippen LogP contribution in [0.15, 0.2) is 53.0 Å². The van der Waals surface area contributed by atoms with Crippen LogP contribution >= 0.6 is 31.9 Å². The fourth-order valence-corrected chi connectivity index (χ4v) is 5.97. The first-order valence-corrected chi connectivity index (χ1v) is 11.4. The summed E-state index contributed by atoms with van der Waals surface area (Å²) in [5.74, 6) is 1.68. The quantitative estimate of drug-likeness (QED) is 0.565. The Bertz CT molecular complexity index is 770. The number of rotatable bonds is 7. The van der Waals surface area contributed by atoms with E-state index in [1.807, 2.05) is 0 Å². The second kappa shape index (κ2) is 8.64. The van der Waals surface area contributed by atoms with Crippen LogP contribution in [0.1, 0.15) is 24.0 Å². The van der Waals surface area contributed by atoms with Gasteiger partial charge < -0.3 is 10.5 Å². The number of alkyl halides is 1. The van der Waals surface area contributed by atoms with Crippen molar-refractivity contribution >= 4 is 31.9 Å². The van der Waals surface area contributed by atoms with E-state index < -0.39 is 0 Å². The molecule has 4 rings (SSSR count). The van der Waals surface area contributed by atoms with Crippen LogP contribution in [0.25, 0.3) is 0 Å². The summed E-state index contributed by atoms with van der Waals surface area (Å²) in [5.41, 5.74) is 8.34. The summed E-state index contributed by atoms with van der Waals surface area (Å²) < 4.78 is 7.69. The van der Waals surface area contributed by atoms with Crippen LogP contribution in [0, 0.1) is 5.92 Å². The van der Waals surface area contributed by atoms with Gasteiger partial charge in [0.1, 0.15) is 11.9 Å². The highest BCUT2D eigenvalue weighted by Gasteiger charge is 2.52. The Kier molecular flexibility index (Phi) is 6.22. The van der Waals surface area contributed by atoms with Crippen LogP contribution in [0.2, 0.25) is 0 Å². The van der Waals surface area contributed by atoms with Crippen molar-refractivity contribution in [1.29, 1.82) is 0 Å². The number of hydrogen-bond acceptors (Lipinski definition) is 3. The molecule has 3 nitrogen and oxygen atoms in total. The van der Waals surface area contributed by atoms with Gasteiger partial charge in [-0.1, -0.05) is 62.2 Å². The number of ether oxygens (including phenoxy) is 1. The van der Waals surface area contributed by atoms with Gasteiger partial charge in [0.25, 0.3) is 0 Å². The first kappa shape index (κ1) is 19.4. The van der Waals surface area contributed by atoms with E-state index in [0.29, 0.717) is 23.3 Å². The Hall–Kier alpha value is -0.880. The molecule has 2 fully saturated rings. The summed E-state index contributed by atoms with van der Waals surface area (Å²) in [7, 11) is 0. The smallest absolute Gasteiger partial charge is 0.123 e. The molecule has 27 heavy (non-hydrogen) atoms. The summed E-state index contributed by atoms with van der Waals surface area (Å²) in [4.78, 5) is 3.10. The first-order chi connectivity index (χ1) is 13.2. The maximum atomic E-state index is 6.60. The average Bonchev–Trinajstić information content (AvgIpc) is 3.13. The lowest BCUT2D eigenvalue weighted by Crippen LogP contribution is -2.44. The Morgan fingerprint density at radius 2 is 1.96 bits per heavy atom. The molecule has 4 atom stereocenters. The molecule has 1 saturated carbocycles. The predicted molar refractivity (Wildman–Crippen MR) is 117 cm³/mol. The van der Waals surface area contributed by atoms with Crippen LogP contribution in [0.4, 0.5) is 0 Å². The molecule has 2 aliphatic rings. The minimum atomic E-state index is 0.231. The van der Waals surface area contributed by atoms with E-state index in [1.165, 1.54) is 11.1 Å². The lowest BCUT2D eigenvalue weighted by molar-refractivity contribution is 0.0701. The number of nitrogens with two attached hydrogens (primary N) is 1. The van der Waals surface area contributed by atoms with Crippen LogP contribution < -0.4 is 10.5 Å². The topological polar surface area (TPSA) is 38.5 Å². The zero-order valence-electron chi connectivity index (χ0n) is 15.4. The summed E-state index contributed by atoms with van der Waals surface area (Å²) in [6, 6.07) is 17.5. The van der Waals surface area contributed by atoms with Crippen molar-refractivity contribution in [2.24, 2.45) is 11.7 Å². The predicted octanol–water partition coefficient (Wildman–Crippen LogP) is 4.76. The van der Waals surface area contributed by atoms with Gasteiger partial charge in [-0.2, -0.15) is 0 Å². The maximum absolute atomic E-state index is 6.60. The average molecular weight is 494 g/mol. The van der Waals surface area contributed by atoms with E-state index in [-0.39, 0.29) is 6.10 Å². The zero-order chi connectivity index (χ0) is 18.8. The van der Waals surface area contributed by atoms with E-state index in [4.69, 9.17) is 10.5 Å². The molecule has 0 aromatic heterocycles. The fourth-order valence-electron chi connectivity index (χ4n) is 4.51. The van der Waals surface area contributed by atoms with Gasteiger partial charge in [-0.25, -0.2) is 0 Å². The van der Waals surface area contributed by atoms with Crippen molar-refractivity contribution in [3.05, 3.63) is 64.1 Å². The summed E-state index contributed by atoms with van der Waals surface area (Å²) in [6.07, 6.45) is 3.29. The zero-order valence-corrected chi connectivity index (χ0v) is 18.5. The Labute approximate surface area is 178 Å². The Balaban J connectivity index is 1.50. The second-order valence-electron chi connectivity index (χ2n) is 7.65. The first-order valence-electron chi connectivity index (χ1n) is 9.73. The van der Waals surface area contributed by atoms with Crippen LogP contribution in [-0.2, 0) is 13.0 Å². The van der Waals surface area contributed by atoms with Gasteiger partial charge in [-0.15, -0.1) is 0 Å². The number of benzene rings is 2. The summed E-state index contributed by atoms with van der Waals surface area (Å²) >= 11 is 7.55. The third kappa shape index (κ3) is 4.26. The normalized spacial score (nSPS) is 27.2. The fraction of sp³-hybridized carbons (Fsp3) is 0.455. The lowest BCUT2D eigenvalue weighted by Gasteiger charge is -2.34. The molecule has 1 saturated heterocycles. The number of halogens is 2. The van der Waals surface area contributed by atoms with Gasteiger partial charge in [-0.05, 0) is 61.1 Å². The van der Waals surface area contributed by atoms with Crippen molar-refractivity contribution < 1.29 is 4.74 Å². The van der Waals surface area contributed by atoms with Gasteiger partial charge in [0.2, 0.25) is 0 Å². The molecule has 144 valence electrons. The second-order valence-corrected chi connectivity index (χ2v) is 9.62. The van der Waals surface area contributed by atoms with Crippen molar-refractivity contribution in [2.45, 2.75) is 42.8 Å². The minimum Gasteiger partial charge on any atom is -0.488 e. The number of aryl methyl sites for hydroxylation is 1. The highest BCUT2D eigenvalue weighted by Crippen LogP contribution is 2.45. The SMILES string of the molecule is NCCCc1cc(Br)ccc1OC1C[C@@H]2CN(Cc3ccccc3)[C@H]1C2Br. The molecular formula is C22H26Br2N2O. The van der Waals surface area contributed by atoms with Gasteiger partial charge >= 0.3 is 0 Å². The molecule has 1 heterocycles. The van der Waals surface area contributed by atoms with Crippen molar-refractivity contribution in [2.75, 3.05) is 13.1 Å². The Morgan fingerprint density at radius 1 is 1.15 bits per heavy atom. The molecular weight excluding hydrogens is 468 g/mol. The minimum absolute atomic E-state index is 0.231. The van der Waals surface area contributed by atoms with Crippen molar-refractivity contribution in [3.63, 3.8) is 0 Å². The van der Waals surface area contributed by atoms with Crippen molar-refractivity contribution in [1.82, 2.24) is 4.90 Å². The number of hydrogen-bond donors (Lipinski definition) is 1. The lowest BCUT2D eigenvalue weighted by atomic mass is 10.1. The van der Waals surface area contributed by atoms with Gasteiger partial charge in [0.05, 0.1) is 6.04 Å². The third-order valence-electron chi connectivity index (χ3n) is 5.76. The van der Waals surface area contributed by atoms with Crippen LogP contribution in [-0.4, -0.2) is 35.0 Å². The summed E-state index contributed by atoms with van der Waals surface area (Å²) in [6.45, 7) is 2.84. The number of fused-ring (bicyclic) bond motifs is 2. The molecule has 0 amide bonds. The van der Waals surface area contributed by atoms with Gasteiger partial charge in [0.15, 0.2) is 0 Å². The largest absolute Gasteiger partial charge is 0.488 e. The van der Waals surface area contributed by atoms with E-state index in [1.54, 1.807) is 0 Å². The molecule has 2 aromatic carbocycles. The maximum Gasteiger partial charge on any atom is 0.123 e. The van der Waals surface area contributed by atoms with Gasteiger partial charge in [0, 0.05) is 22.4 Å². The molecule has 2 bridgehead atoms. The molecule has 2 N–H and O–H groups in total. The number of nitrogens with zero attached hydrogens (tertiary/aromatic N) is 1. The van der Waals surface area contributed by atoms with Gasteiger partial charge in [-0.3, -0.25) is 4.90 Å². The molecule has 2 aromatic rings. The van der Waals surface area contributed by atoms with Crippen LogP contribution in [0.5, 0.6) is 5.75 Å². The summed E-state index contributed by atoms with van der Waals surface area (Å²) in [5, 5.41) is 0. The highest BCUT2D eigenvalue weighted by molar-refractivity contribution is 9.10. The molecule has 5 heteroatoms. The Morgan fingerprint density at radius 3 is 2.70 bits per heavy atom. The van der Waals surface area contributed by atoms with E-state index in [0.717, 1.165) is 42.6 Å². The van der Waals surface area contributed by atoms with E-state index >= 15 is 0 Å². The molecule has 0 radical (unpaired) electrons. The van der Waals surface area contributed by atoms with E-state index in [9.17, 15) is 0 Å².